The molecule has 118 valence electrons. The van der Waals surface area contributed by atoms with Crippen molar-refractivity contribution in [2.24, 2.45) is 10.9 Å². The van der Waals surface area contributed by atoms with Crippen LogP contribution in [-0.4, -0.2) is 49.5 Å². The van der Waals surface area contributed by atoms with E-state index >= 15 is 0 Å². The quantitative estimate of drug-likeness (QED) is 0.587. The van der Waals surface area contributed by atoms with Crippen LogP contribution in [0.1, 0.15) is 39.5 Å². The number of amides is 1. The molecule has 1 aliphatic rings. The summed E-state index contributed by atoms with van der Waals surface area (Å²) in [5.41, 5.74) is 0. The molecular formula is C15H27N5O. The van der Waals surface area contributed by atoms with Crippen LogP contribution in [0.3, 0.4) is 0 Å². The highest BCUT2D eigenvalue weighted by molar-refractivity contribution is 5.85. The average Bonchev–Trinajstić information content (AvgIpc) is 2.91. The minimum atomic E-state index is -0.0384. The third kappa shape index (κ3) is 5.62. The molecule has 1 rings (SSSR count). The molecular weight excluding hydrogens is 266 g/mol. The van der Waals surface area contributed by atoms with Crippen molar-refractivity contribution in [3.63, 3.8) is 0 Å². The van der Waals surface area contributed by atoms with Crippen molar-refractivity contribution < 1.29 is 4.79 Å². The minimum Gasteiger partial charge on any atom is -0.354 e. The molecule has 21 heavy (non-hydrogen) atoms. The summed E-state index contributed by atoms with van der Waals surface area (Å²) in [4.78, 5) is 17.6. The second kappa shape index (κ2) is 8.50. The largest absolute Gasteiger partial charge is 0.354 e. The van der Waals surface area contributed by atoms with Crippen molar-refractivity contribution in [1.29, 1.82) is 5.26 Å². The third-order valence-corrected chi connectivity index (χ3v) is 3.87. The van der Waals surface area contributed by atoms with Gasteiger partial charge in [-0.3, -0.25) is 4.79 Å². The molecule has 0 aromatic heterocycles. The molecule has 6 heteroatoms. The zero-order chi connectivity index (χ0) is 15.8. The lowest BCUT2D eigenvalue weighted by Gasteiger charge is -2.22. The van der Waals surface area contributed by atoms with Gasteiger partial charge in [0.1, 0.15) is 6.54 Å². The fourth-order valence-electron chi connectivity index (χ4n) is 2.22. The van der Waals surface area contributed by atoms with Crippen molar-refractivity contribution in [3.8, 4) is 6.07 Å². The van der Waals surface area contributed by atoms with Crippen molar-refractivity contribution in [2.75, 3.05) is 20.6 Å². The van der Waals surface area contributed by atoms with E-state index in [1.165, 1.54) is 4.90 Å². The Balaban J connectivity index is 2.70. The van der Waals surface area contributed by atoms with Crippen LogP contribution >= 0.6 is 0 Å². The molecule has 0 radical (unpaired) electrons. The molecule has 0 aliphatic heterocycles. The standard InChI is InChI=1S/C15H27N5O/c1-5-11(2)18-15(17-10-14(21)20(3)4)19-13-8-6-7-12(13)9-16/h11-13H,5-8,10H2,1-4H3,(H2,17,18,19). The lowest BCUT2D eigenvalue weighted by molar-refractivity contribution is -0.127. The van der Waals surface area contributed by atoms with Crippen molar-refractivity contribution in [3.05, 3.63) is 0 Å². The maximum absolute atomic E-state index is 11.7. The molecule has 1 fully saturated rings. The first-order chi connectivity index (χ1) is 9.97. The lowest BCUT2D eigenvalue weighted by atomic mass is 10.1. The summed E-state index contributed by atoms with van der Waals surface area (Å²) in [6, 6.07) is 2.75. The summed E-state index contributed by atoms with van der Waals surface area (Å²) in [5, 5.41) is 15.8. The van der Waals surface area contributed by atoms with Gasteiger partial charge in [-0.2, -0.15) is 5.26 Å². The van der Waals surface area contributed by atoms with Gasteiger partial charge in [0.05, 0.1) is 12.0 Å². The molecule has 0 heterocycles. The second-order valence-corrected chi connectivity index (χ2v) is 5.82. The summed E-state index contributed by atoms with van der Waals surface area (Å²) in [7, 11) is 3.44. The van der Waals surface area contributed by atoms with Crippen molar-refractivity contribution in [1.82, 2.24) is 15.5 Å². The molecule has 1 aliphatic carbocycles. The maximum atomic E-state index is 11.7. The van der Waals surface area contributed by atoms with Crippen molar-refractivity contribution in [2.45, 2.75) is 51.6 Å². The molecule has 3 atom stereocenters. The summed E-state index contributed by atoms with van der Waals surface area (Å²) in [5.74, 6) is 0.619. The third-order valence-electron chi connectivity index (χ3n) is 3.87. The van der Waals surface area contributed by atoms with Gasteiger partial charge in [0.25, 0.3) is 0 Å². The highest BCUT2D eigenvalue weighted by atomic mass is 16.2. The van der Waals surface area contributed by atoms with Crippen LogP contribution in [0.5, 0.6) is 0 Å². The Labute approximate surface area is 127 Å². The van der Waals surface area contributed by atoms with Gasteiger partial charge in [-0.15, -0.1) is 0 Å². The van der Waals surface area contributed by atoms with E-state index in [1.54, 1.807) is 14.1 Å². The van der Waals surface area contributed by atoms with Crippen LogP contribution in [0.15, 0.2) is 4.99 Å². The van der Waals surface area contributed by atoms with Gasteiger partial charge in [0.2, 0.25) is 5.91 Å². The zero-order valence-corrected chi connectivity index (χ0v) is 13.5. The molecule has 6 nitrogen and oxygen atoms in total. The number of guanidine groups is 1. The summed E-state index contributed by atoms with van der Waals surface area (Å²) >= 11 is 0. The zero-order valence-electron chi connectivity index (χ0n) is 13.5. The van der Waals surface area contributed by atoms with E-state index in [0.717, 1.165) is 25.7 Å². The summed E-state index contributed by atoms with van der Waals surface area (Å²) in [6.07, 6.45) is 3.93. The van der Waals surface area contributed by atoms with Crippen LogP contribution < -0.4 is 10.6 Å². The van der Waals surface area contributed by atoms with E-state index in [2.05, 4.69) is 35.5 Å². The number of carbonyl (C=O) groups is 1. The van der Waals surface area contributed by atoms with Gasteiger partial charge < -0.3 is 15.5 Å². The number of nitrogens with one attached hydrogen (secondary N) is 2. The molecule has 0 aromatic carbocycles. The van der Waals surface area contributed by atoms with Crippen LogP contribution in [-0.2, 0) is 4.79 Å². The lowest BCUT2D eigenvalue weighted by Crippen LogP contribution is -2.48. The van der Waals surface area contributed by atoms with E-state index in [-0.39, 0.29) is 30.5 Å². The minimum absolute atomic E-state index is 0.0264. The van der Waals surface area contributed by atoms with E-state index < -0.39 is 0 Å². The SMILES string of the molecule is CCC(C)NC(=NCC(=O)N(C)C)NC1CCCC1C#N. The molecule has 0 spiro atoms. The molecule has 3 unspecified atom stereocenters. The number of nitrogens with zero attached hydrogens (tertiary/aromatic N) is 3. The van der Waals surface area contributed by atoms with E-state index in [9.17, 15) is 4.79 Å². The summed E-state index contributed by atoms with van der Waals surface area (Å²) < 4.78 is 0. The van der Waals surface area contributed by atoms with Gasteiger partial charge in [0, 0.05) is 26.2 Å². The molecule has 0 bridgehead atoms. The molecule has 1 amide bonds. The molecule has 1 saturated carbocycles. The first-order valence-electron chi connectivity index (χ1n) is 7.65. The highest BCUT2D eigenvalue weighted by Crippen LogP contribution is 2.24. The average molecular weight is 293 g/mol. The first kappa shape index (κ1) is 17.3. The number of likely N-dealkylation sites (N-methyl/N-ethyl adjacent to an activating group) is 1. The van der Waals surface area contributed by atoms with Crippen LogP contribution in [0.2, 0.25) is 0 Å². The van der Waals surface area contributed by atoms with Gasteiger partial charge in [-0.05, 0) is 32.6 Å². The molecule has 0 saturated heterocycles. The fraction of sp³-hybridized carbons (Fsp3) is 0.800. The maximum Gasteiger partial charge on any atom is 0.243 e. The number of carbonyl (C=O) groups excluding carboxylic acids is 1. The Hall–Kier alpha value is -1.77. The van der Waals surface area contributed by atoms with Crippen LogP contribution in [0.25, 0.3) is 0 Å². The fourth-order valence-corrected chi connectivity index (χ4v) is 2.22. The Kier molecular flexibility index (Phi) is 7.00. The van der Waals surface area contributed by atoms with Gasteiger partial charge in [-0.25, -0.2) is 4.99 Å². The predicted octanol–water partition coefficient (Wildman–Crippen LogP) is 1.10. The molecule has 2 N–H and O–H groups in total. The Bertz CT molecular complexity index is 413. The second-order valence-electron chi connectivity index (χ2n) is 5.82. The monoisotopic (exact) mass is 293 g/mol. The van der Waals surface area contributed by atoms with Crippen LogP contribution in [0.4, 0.5) is 0 Å². The van der Waals surface area contributed by atoms with Crippen LogP contribution in [0, 0.1) is 17.2 Å². The molecule has 0 aromatic rings. The first-order valence-corrected chi connectivity index (χ1v) is 7.65. The number of hydrogen-bond acceptors (Lipinski definition) is 3. The van der Waals surface area contributed by atoms with Gasteiger partial charge in [0.15, 0.2) is 5.96 Å². The Morgan fingerprint density at radius 2 is 2.19 bits per heavy atom. The number of hydrogen-bond donors (Lipinski definition) is 2. The number of rotatable bonds is 5. The number of aliphatic imine (C=N–C) groups is 1. The van der Waals surface area contributed by atoms with E-state index in [1.807, 2.05) is 0 Å². The normalized spacial score (nSPS) is 23.3. The Morgan fingerprint density at radius 3 is 2.76 bits per heavy atom. The van der Waals surface area contributed by atoms with Gasteiger partial charge in [-0.1, -0.05) is 6.92 Å². The topological polar surface area (TPSA) is 80.5 Å². The Morgan fingerprint density at radius 1 is 1.48 bits per heavy atom. The predicted molar refractivity (Wildman–Crippen MR) is 83.8 cm³/mol. The van der Waals surface area contributed by atoms with E-state index in [0.29, 0.717) is 5.96 Å². The van der Waals surface area contributed by atoms with Crippen molar-refractivity contribution >= 4 is 11.9 Å². The van der Waals surface area contributed by atoms with Gasteiger partial charge >= 0.3 is 0 Å². The smallest absolute Gasteiger partial charge is 0.243 e. The number of nitriles is 1. The van der Waals surface area contributed by atoms with E-state index in [4.69, 9.17) is 5.26 Å². The summed E-state index contributed by atoms with van der Waals surface area (Å²) in [6.45, 7) is 4.28. The highest BCUT2D eigenvalue weighted by Gasteiger charge is 2.28.